The first-order valence-corrected chi connectivity index (χ1v) is 9.26. The molecule has 21 heavy (non-hydrogen) atoms. The van der Waals surface area contributed by atoms with Crippen LogP contribution >= 0.6 is 11.8 Å². The lowest BCUT2D eigenvalue weighted by atomic mass is 10.2. The number of thioether (sulfide) groups is 1. The van der Waals surface area contributed by atoms with Crippen molar-refractivity contribution in [3.8, 4) is 0 Å². The van der Waals surface area contributed by atoms with Crippen LogP contribution in [0.2, 0.25) is 0 Å². The number of carbonyl (C=O) groups is 3. The van der Waals surface area contributed by atoms with Gasteiger partial charge in [-0.2, -0.15) is 0 Å². The van der Waals surface area contributed by atoms with Crippen molar-refractivity contribution in [2.45, 2.75) is 17.7 Å². The largest absolute Gasteiger partial charge is 0.480 e. The highest BCUT2D eigenvalue weighted by Gasteiger charge is 2.36. The summed E-state index contributed by atoms with van der Waals surface area (Å²) in [6, 6.07) is -1.07. The lowest BCUT2D eigenvalue weighted by molar-refractivity contribution is -0.152. The second-order valence-corrected chi connectivity index (χ2v) is 8.53. The Bertz CT molecular complexity index is 561. The Kier molecular flexibility index (Phi) is 4.77. The van der Waals surface area contributed by atoms with Crippen molar-refractivity contribution in [2.75, 3.05) is 30.3 Å². The quantitative estimate of drug-likeness (QED) is 0.629. The number of carboxylic acids is 1. The summed E-state index contributed by atoms with van der Waals surface area (Å²) in [5.41, 5.74) is 0. The highest BCUT2D eigenvalue weighted by Crippen LogP contribution is 2.24. The predicted octanol–water partition coefficient (Wildman–Crippen LogP) is -1.68. The summed E-state index contributed by atoms with van der Waals surface area (Å²) in [5, 5.41) is 11.3. The minimum absolute atomic E-state index is 0.0166. The molecule has 0 radical (unpaired) electrons. The van der Waals surface area contributed by atoms with Gasteiger partial charge in [-0.3, -0.25) is 9.59 Å². The van der Waals surface area contributed by atoms with Crippen molar-refractivity contribution in [1.29, 1.82) is 0 Å². The van der Waals surface area contributed by atoms with Crippen LogP contribution in [0.15, 0.2) is 0 Å². The summed E-state index contributed by atoms with van der Waals surface area (Å²) in [6.07, 6.45) is 0.503. The van der Waals surface area contributed by atoms with Crippen LogP contribution in [0.3, 0.4) is 0 Å². The van der Waals surface area contributed by atoms with E-state index in [0.29, 0.717) is 6.42 Å². The van der Waals surface area contributed by atoms with Crippen LogP contribution in [0.4, 0.5) is 0 Å². The van der Waals surface area contributed by atoms with Crippen LogP contribution in [-0.2, 0) is 24.2 Å². The molecule has 2 fully saturated rings. The molecule has 2 amide bonds. The van der Waals surface area contributed by atoms with Crippen LogP contribution in [0.25, 0.3) is 0 Å². The van der Waals surface area contributed by atoms with Crippen molar-refractivity contribution < 1.29 is 27.9 Å². The number of hydrogen-bond donors (Lipinski definition) is 2. The molecule has 2 atom stereocenters. The van der Waals surface area contributed by atoms with Gasteiger partial charge in [0.05, 0.1) is 17.3 Å². The average molecular weight is 336 g/mol. The fourth-order valence-electron chi connectivity index (χ4n) is 2.29. The number of nitrogens with one attached hydrogen (secondary N) is 1. The topological polar surface area (TPSA) is 121 Å². The predicted molar refractivity (Wildman–Crippen MR) is 75.7 cm³/mol. The van der Waals surface area contributed by atoms with E-state index in [-0.39, 0.29) is 35.6 Å². The third kappa shape index (κ3) is 4.10. The van der Waals surface area contributed by atoms with E-state index < -0.39 is 33.7 Å². The second kappa shape index (κ2) is 6.22. The summed E-state index contributed by atoms with van der Waals surface area (Å²) in [4.78, 5) is 35.5. The lowest BCUT2D eigenvalue weighted by Gasteiger charge is -2.32. The van der Waals surface area contributed by atoms with E-state index in [1.54, 1.807) is 0 Å². The third-order valence-corrected chi connectivity index (χ3v) is 6.69. The summed E-state index contributed by atoms with van der Waals surface area (Å²) >= 11 is 1.21. The number of piperazine rings is 1. The van der Waals surface area contributed by atoms with Gasteiger partial charge in [0.2, 0.25) is 11.8 Å². The lowest BCUT2D eigenvalue weighted by Crippen LogP contribution is -2.59. The van der Waals surface area contributed by atoms with Crippen molar-refractivity contribution in [2.24, 2.45) is 0 Å². The van der Waals surface area contributed by atoms with Crippen molar-refractivity contribution in [1.82, 2.24) is 10.2 Å². The van der Waals surface area contributed by atoms with Crippen LogP contribution in [0, 0.1) is 0 Å². The summed E-state index contributed by atoms with van der Waals surface area (Å²) in [5.74, 6) is -1.86. The summed E-state index contributed by atoms with van der Waals surface area (Å²) in [7, 11) is -3.01. The smallest absolute Gasteiger partial charge is 0.328 e. The number of carbonyl (C=O) groups excluding carboxylic acids is 2. The number of hydrogen-bond acceptors (Lipinski definition) is 6. The maximum atomic E-state index is 12.1. The molecule has 2 heterocycles. The Morgan fingerprint density at radius 3 is 2.71 bits per heavy atom. The first kappa shape index (κ1) is 16.1. The van der Waals surface area contributed by atoms with Gasteiger partial charge in [0.1, 0.15) is 12.6 Å². The highest BCUT2D eigenvalue weighted by molar-refractivity contribution is 8.02. The molecule has 0 aromatic rings. The average Bonchev–Trinajstić information content (AvgIpc) is 2.75. The van der Waals surface area contributed by atoms with Crippen LogP contribution in [-0.4, -0.2) is 77.8 Å². The van der Waals surface area contributed by atoms with Crippen LogP contribution in [0.5, 0.6) is 0 Å². The summed E-state index contributed by atoms with van der Waals surface area (Å²) in [6.45, 7) is -0.387. The standard InChI is InChI=1S/C11H16N2O6S2/c14-9-4-13(8(3-12-9)11(16)17)10(15)5-20-7-1-2-21(18,19)6-7/h7-8H,1-6H2,(H,12,14)(H,16,17). The van der Waals surface area contributed by atoms with Gasteiger partial charge in [0, 0.05) is 11.8 Å². The Hall–Kier alpha value is -1.29. The molecule has 8 nitrogen and oxygen atoms in total. The first-order chi connectivity index (χ1) is 9.78. The Morgan fingerprint density at radius 2 is 2.14 bits per heavy atom. The Labute approximate surface area is 126 Å². The number of aliphatic carboxylic acids is 1. The zero-order chi connectivity index (χ0) is 15.6. The van der Waals surface area contributed by atoms with Gasteiger partial charge in [-0.05, 0) is 6.42 Å². The van der Waals surface area contributed by atoms with E-state index in [1.807, 2.05) is 0 Å². The van der Waals surface area contributed by atoms with Crippen LogP contribution in [0.1, 0.15) is 6.42 Å². The molecule has 118 valence electrons. The molecule has 0 saturated carbocycles. The second-order valence-electron chi connectivity index (χ2n) is 5.02. The van der Waals surface area contributed by atoms with Crippen molar-refractivity contribution in [3.05, 3.63) is 0 Å². The maximum Gasteiger partial charge on any atom is 0.328 e. The minimum atomic E-state index is -3.01. The Balaban J connectivity index is 1.92. The first-order valence-electron chi connectivity index (χ1n) is 6.39. The molecule has 2 unspecified atom stereocenters. The highest BCUT2D eigenvalue weighted by atomic mass is 32.2. The minimum Gasteiger partial charge on any atom is -0.480 e. The number of rotatable bonds is 4. The molecule has 0 aromatic heterocycles. The molecule has 0 aromatic carbocycles. The molecule has 0 spiro atoms. The van der Waals surface area contributed by atoms with Crippen molar-refractivity contribution >= 4 is 39.4 Å². The van der Waals surface area contributed by atoms with Gasteiger partial charge >= 0.3 is 5.97 Å². The number of nitrogens with zero attached hydrogens (tertiary/aromatic N) is 1. The molecule has 2 N–H and O–H groups in total. The van der Waals surface area contributed by atoms with Gasteiger partial charge in [-0.15, -0.1) is 11.8 Å². The van der Waals surface area contributed by atoms with Gasteiger partial charge < -0.3 is 15.3 Å². The van der Waals surface area contributed by atoms with E-state index in [2.05, 4.69) is 5.32 Å². The Morgan fingerprint density at radius 1 is 1.43 bits per heavy atom. The molecule has 0 aliphatic carbocycles. The molecular weight excluding hydrogens is 320 g/mol. The molecular formula is C11H16N2O6S2. The van der Waals surface area contributed by atoms with E-state index >= 15 is 0 Å². The van der Waals surface area contributed by atoms with Gasteiger partial charge in [-0.25, -0.2) is 13.2 Å². The SMILES string of the molecule is O=C1CN(C(=O)CSC2CCS(=O)(=O)C2)C(C(=O)O)CN1. The molecule has 2 rings (SSSR count). The van der Waals surface area contributed by atoms with Crippen molar-refractivity contribution in [3.63, 3.8) is 0 Å². The van der Waals surface area contributed by atoms with Gasteiger partial charge in [0.25, 0.3) is 0 Å². The van der Waals surface area contributed by atoms with Gasteiger partial charge in [0.15, 0.2) is 9.84 Å². The van der Waals surface area contributed by atoms with Gasteiger partial charge in [-0.1, -0.05) is 0 Å². The number of sulfone groups is 1. The zero-order valence-corrected chi connectivity index (χ0v) is 12.8. The monoisotopic (exact) mass is 336 g/mol. The van der Waals surface area contributed by atoms with E-state index in [4.69, 9.17) is 5.11 Å². The fourth-order valence-corrected chi connectivity index (χ4v) is 5.82. The third-order valence-electron chi connectivity index (χ3n) is 3.42. The molecule has 2 saturated heterocycles. The number of amides is 2. The van der Waals surface area contributed by atoms with Crippen LogP contribution < -0.4 is 5.32 Å². The van der Waals surface area contributed by atoms with E-state index in [0.717, 1.165) is 4.90 Å². The van der Waals surface area contributed by atoms with E-state index in [1.165, 1.54) is 11.8 Å². The molecule has 0 bridgehead atoms. The maximum absolute atomic E-state index is 12.1. The van der Waals surface area contributed by atoms with E-state index in [9.17, 15) is 22.8 Å². The molecule has 10 heteroatoms. The normalized spacial score (nSPS) is 28.2. The fraction of sp³-hybridized carbons (Fsp3) is 0.727. The molecule has 2 aliphatic heterocycles. The zero-order valence-electron chi connectivity index (χ0n) is 11.1. The molecule has 2 aliphatic rings. The summed E-state index contributed by atoms with van der Waals surface area (Å²) < 4.78 is 22.7. The number of carboxylic acid groups (broad SMARTS) is 1.